The molecule has 0 aliphatic heterocycles. The van der Waals surface area contributed by atoms with E-state index in [1.165, 1.54) is 0 Å². The number of benzene rings is 2. The van der Waals surface area contributed by atoms with Gasteiger partial charge in [0.1, 0.15) is 17.5 Å². The summed E-state index contributed by atoms with van der Waals surface area (Å²) in [5.74, 6) is 1.41. The van der Waals surface area contributed by atoms with Crippen LogP contribution in [0.25, 0.3) is 0 Å². The van der Waals surface area contributed by atoms with Crippen LogP contribution >= 0.6 is 0 Å². The summed E-state index contributed by atoms with van der Waals surface area (Å²) in [7, 11) is 1.62. The quantitative estimate of drug-likeness (QED) is 0.437. The molecule has 6 heteroatoms. The molecule has 0 fully saturated rings. The van der Waals surface area contributed by atoms with Gasteiger partial charge in [-0.1, -0.05) is 50.6 Å². The number of rotatable bonds is 14. The fourth-order valence-electron chi connectivity index (χ4n) is 3.43. The van der Waals surface area contributed by atoms with Crippen molar-refractivity contribution in [2.24, 2.45) is 0 Å². The Morgan fingerprint density at radius 1 is 0.969 bits per heavy atom. The van der Waals surface area contributed by atoms with E-state index in [2.05, 4.69) is 12.2 Å². The molecule has 1 N–H and O–H groups in total. The zero-order valence-corrected chi connectivity index (χ0v) is 19.5. The summed E-state index contributed by atoms with van der Waals surface area (Å²) in [4.78, 5) is 27.7. The number of carbonyl (C=O) groups excluding carboxylic acids is 2. The van der Waals surface area contributed by atoms with Crippen LogP contribution in [0.5, 0.6) is 11.5 Å². The first kappa shape index (κ1) is 25.2. The molecule has 174 valence electrons. The second-order valence-electron chi connectivity index (χ2n) is 7.70. The minimum Gasteiger partial charge on any atom is -0.497 e. The van der Waals surface area contributed by atoms with Gasteiger partial charge in [0.15, 0.2) is 0 Å². The van der Waals surface area contributed by atoms with Crippen LogP contribution in [0.4, 0.5) is 0 Å². The van der Waals surface area contributed by atoms with E-state index in [-0.39, 0.29) is 11.8 Å². The minimum absolute atomic E-state index is 0.0463. The molecule has 0 aliphatic rings. The molecule has 0 aromatic heterocycles. The summed E-state index contributed by atoms with van der Waals surface area (Å²) in [5.41, 5.74) is 0.958. The van der Waals surface area contributed by atoms with Crippen molar-refractivity contribution in [2.75, 3.05) is 20.3 Å². The molecular formula is C26H36N2O4. The monoisotopic (exact) mass is 440 g/mol. The summed E-state index contributed by atoms with van der Waals surface area (Å²) in [6.45, 7) is 5.48. The summed E-state index contributed by atoms with van der Waals surface area (Å²) in [5, 5.41) is 2.99. The Morgan fingerprint density at radius 3 is 2.31 bits per heavy atom. The zero-order valence-electron chi connectivity index (χ0n) is 19.5. The lowest BCUT2D eigenvalue weighted by Crippen LogP contribution is -2.49. The van der Waals surface area contributed by atoms with E-state index in [1.807, 2.05) is 61.5 Å². The topological polar surface area (TPSA) is 67.9 Å². The predicted octanol–water partition coefficient (Wildman–Crippen LogP) is 4.58. The number of nitrogens with one attached hydrogen (secondary N) is 1. The zero-order chi connectivity index (χ0) is 23.2. The van der Waals surface area contributed by atoms with Gasteiger partial charge in [0.2, 0.25) is 11.8 Å². The number of hydrogen-bond acceptors (Lipinski definition) is 4. The normalized spacial score (nSPS) is 11.5. The fraction of sp³-hybridized carbons (Fsp3) is 0.462. The maximum Gasteiger partial charge on any atom is 0.242 e. The molecule has 1 atom stereocenters. The van der Waals surface area contributed by atoms with Gasteiger partial charge in [-0.3, -0.25) is 9.59 Å². The Morgan fingerprint density at radius 2 is 1.69 bits per heavy atom. The third kappa shape index (κ3) is 8.25. The van der Waals surface area contributed by atoms with E-state index in [0.717, 1.165) is 29.9 Å². The number of para-hydroxylation sites is 1. The van der Waals surface area contributed by atoms with Gasteiger partial charge in [-0.2, -0.15) is 0 Å². The van der Waals surface area contributed by atoms with Crippen LogP contribution in [0, 0.1) is 0 Å². The van der Waals surface area contributed by atoms with Crippen LogP contribution in [0.15, 0.2) is 54.6 Å². The van der Waals surface area contributed by atoms with Crippen LogP contribution in [0.1, 0.15) is 51.5 Å². The first-order chi connectivity index (χ1) is 15.6. The molecule has 0 spiro atoms. The maximum atomic E-state index is 13.2. The first-order valence-electron chi connectivity index (χ1n) is 11.5. The van der Waals surface area contributed by atoms with E-state index in [4.69, 9.17) is 9.47 Å². The molecule has 32 heavy (non-hydrogen) atoms. The van der Waals surface area contributed by atoms with Gasteiger partial charge in [0.05, 0.1) is 13.7 Å². The van der Waals surface area contributed by atoms with Crippen molar-refractivity contribution in [3.05, 3.63) is 60.2 Å². The van der Waals surface area contributed by atoms with E-state index in [1.54, 1.807) is 12.0 Å². The van der Waals surface area contributed by atoms with E-state index in [9.17, 15) is 9.59 Å². The number of ether oxygens (including phenoxy) is 2. The lowest BCUT2D eigenvalue weighted by Gasteiger charge is -2.31. The van der Waals surface area contributed by atoms with Crippen molar-refractivity contribution < 1.29 is 19.1 Å². The molecular weight excluding hydrogens is 404 g/mol. The standard InChI is InChI=1S/C26H36N2O4/c1-4-6-18-27-26(30)24(5-2)28(20-21-14-16-22(31-3)17-15-21)25(29)13-10-19-32-23-11-8-7-9-12-23/h7-9,11-12,14-17,24H,4-6,10,13,18-20H2,1-3H3,(H,27,30). The van der Waals surface area contributed by atoms with Crippen molar-refractivity contribution in [1.29, 1.82) is 0 Å². The molecule has 0 bridgehead atoms. The third-order valence-electron chi connectivity index (χ3n) is 5.27. The molecule has 2 aromatic carbocycles. The van der Waals surface area contributed by atoms with E-state index >= 15 is 0 Å². The van der Waals surface area contributed by atoms with Crippen LogP contribution in [0.3, 0.4) is 0 Å². The second-order valence-corrected chi connectivity index (χ2v) is 7.70. The minimum atomic E-state index is -0.503. The molecule has 0 aliphatic carbocycles. The Kier molecular flexibility index (Phi) is 11.1. The number of carbonyl (C=O) groups is 2. The van der Waals surface area contributed by atoms with Gasteiger partial charge in [0.25, 0.3) is 0 Å². The Bertz CT molecular complexity index is 808. The van der Waals surface area contributed by atoms with Gasteiger partial charge in [-0.15, -0.1) is 0 Å². The average molecular weight is 441 g/mol. The third-order valence-corrected chi connectivity index (χ3v) is 5.27. The highest BCUT2D eigenvalue weighted by Gasteiger charge is 2.28. The summed E-state index contributed by atoms with van der Waals surface area (Å²) in [6, 6.07) is 16.7. The van der Waals surface area contributed by atoms with Gasteiger partial charge < -0.3 is 19.7 Å². The van der Waals surface area contributed by atoms with Crippen molar-refractivity contribution in [2.45, 2.75) is 58.5 Å². The molecule has 2 aromatic rings. The fourth-order valence-corrected chi connectivity index (χ4v) is 3.43. The largest absolute Gasteiger partial charge is 0.497 e. The lowest BCUT2D eigenvalue weighted by molar-refractivity contribution is -0.141. The number of unbranched alkanes of at least 4 members (excludes halogenated alkanes) is 1. The van der Waals surface area contributed by atoms with E-state index in [0.29, 0.717) is 39.0 Å². The van der Waals surface area contributed by atoms with Crippen LogP contribution in [0.2, 0.25) is 0 Å². The Balaban J connectivity index is 2.04. The molecule has 0 saturated carbocycles. The van der Waals surface area contributed by atoms with Crippen LogP contribution in [-0.4, -0.2) is 43.0 Å². The van der Waals surface area contributed by atoms with Crippen molar-refractivity contribution >= 4 is 11.8 Å². The van der Waals surface area contributed by atoms with Gasteiger partial charge in [0, 0.05) is 19.5 Å². The smallest absolute Gasteiger partial charge is 0.242 e. The molecule has 2 amide bonds. The summed E-state index contributed by atoms with van der Waals surface area (Å²) in [6.07, 6.45) is 3.39. The molecule has 0 radical (unpaired) electrons. The highest BCUT2D eigenvalue weighted by atomic mass is 16.5. The van der Waals surface area contributed by atoms with Crippen LogP contribution in [-0.2, 0) is 16.1 Å². The molecule has 6 nitrogen and oxygen atoms in total. The molecule has 0 saturated heterocycles. The number of nitrogens with zero attached hydrogens (tertiary/aromatic N) is 1. The van der Waals surface area contributed by atoms with E-state index < -0.39 is 6.04 Å². The Labute approximate surface area is 191 Å². The number of methoxy groups -OCH3 is 1. The van der Waals surface area contributed by atoms with Gasteiger partial charge >= 0.3 is 0 Å². The molecule has 1 unspecified atom stereocenters. The summed E-state index contributed by atoms with van der Waals surface area (Å²) >= 11 is 0. The van der Waals surface area contributed by atoms with Gasteiger partial charge in [-0.05, 0) is 49.1 Å². The van der Waals surface area contributed by atoms with Crippen molar-refractivity contribution in [3.63, 3.8) is 0 Å². The SMILES string of the molecule is CCCCNC(=O)C(CC)N(Cc1ccc(OC)cc1)C(=O)CCCOc1ccccc1. The van der Waals surface area contributed by atoms with Crippen LogP contribution < -0.4 is 14.8 Å². The maximum absolute atomic E-state index is 13.2. The highest BCUT2D eigenvalue weighted by Crippen LogP contribution is 2.18. The Hall–Kier alpha value is -3.02. The molecule has 2 rings (SSSR count). The number of amides is 2. The second kappa shape index (κ2) is 14.1. The lowest BCUT2D eigenvalue weighted by atomic mass is 10.1. The van der Waals surface area contributed by atoms with Crippen molar-refractivity contribution in [1.82, 2.24) is 10.2 Å². The first-order valence-corrected chi connectivity index (χ1v) is 11.5. The average Bonchev–Trinajstić information content (AvgIpc) is 2.82. The predicted molar refractivity (Wildman–Crippen MR) is 127 cm³/mol. The van der Waals surface area contributed by atoms with Gasteiger partial charge in [-0.25, -0.2) is 0 Å². The highest BCUT2D eigenvalue weighted by molar-refractivity contribution is 5.87. The molecule has 0 heterocycles. The number of hydrogen-bond donors (Lipinski definition) is 1. The van der Waals surface area contributed by atoms with Crippen molar-refractivity contribution in [3.8, 4) is 11.5 Å². The summed E-state index contributed by atoms with van der Waals surface area (Å²) < 4.78 is 10.9.